The Hall–Kier alpha value is -2.29. The van der Waals surface area contributed by atoms with Gasteiger partial charge in [-0.2, -0.15) is 0 Å². The van der Waals surface area contributed by atoms with E-state index < -0.39 is 6.09 Å². The summed E-state index contributed by atoms with van der Waals surface area (Å²) in [7, 11) is 0. The highest BCUT2D eigenvalue weighted by Crippen LogP contribution is 2.32. The molecule has 0 aliphatic heterocycles. The molecule has 0 fully saturated rings. The van der Waals surface area contributed by atoms with Crippen LogP contribution in [0, 0.1) is 0 Å². The first kappa shape index (κ1) is 20.7. The van der Waals surface area contributed by atoms with Gasteiger partial charge in [0.2, 0.25) is 0 Å². The van der Waals surface area contributed by atoms with Crippen LogP contribution in [0.1, 0.15) is 52.7 Å². The monoisotopic (exact) mass is 315 g/mol. The van der Waals surface area contributed by atoms with Crippen molar-refractivity contribution in [1.82, 2.24) is 0 Å². The Morgan fingerprint density at radius 3 is 1.70 bits per heavy atom. The van der Waals surface area contributed by atoms with Gasteiger partial charge in [0, 0.05) is 5.41 Å². The van der Waals surface area contributed by atoms with Crippen LogP contribution in [0.25, 0.3) is 0 Å². The molecule has 0 heterocycles. The first-order valence-corrected chi connectivity index (χ1v) is 8.13. The Bertz CT molecular complexity index is 560. The number of carbonyl (C=O) groups is 1. The molecule has 0 unspecified atom stereocenters. The molecule has 0 saturated carbocycles. The molecular formula is C20H29NO2. The second-order valence-corrected chi connectivity index (χ2v) is 4.94. The van der Waals surface area contributed by atoms with Crippen molar-refractivity contribution in [1.29, 1.82) is 0 Å². The van der Waals surface area contributed by atoms with Crippen LogP contribution in [0.3, 0.4) is 0 Å². The number of hydrogen-bond acceptors (Lipinski definition) is 2. The number of nitrogens with two attached hydrogens (primary N) is 1. The van der Waals surface area contributed by atoms with Crippen LogP contribution in [0.4, 0.5) is 4.79 Å². The van der Waals surface area contributed by atoms with Crippen LogP contribution in [-0.2, 0) is 5.41 Å². The fraction of sp³-hybridized carbons (Fsp3) is 0.350. The molecule has 0 aliphatic rings. The summed E-state index contributed by atoms with van der Waals surface area (Å²) in [6, 6.07) is 17.7. The van der Waals surface area contributed by atoms with Crippen LogP contribution >= 0.6 is 0 Å². The fourth-order valence-electron chi connectivity index (χ4n) is 2.08. The molecule has 0 bridgehead atoms. The van der Waals surface area contributed by atoms with E-state index in [0.29, 0.717) is 5.75 Å². The van der Waals surface area contributed by atoms with Crippen molar-refractivity contribution < 1.29 is 9.53 Å². The molecule has 2 aromatic carbocycles. The molecule has 1 amide bonds. The molecule has 2 N–H and O–H groups in total. The van der Waals surface area contributed by atoms with Crippen molar-refractivity contribution in [3.8, 4) is 5.75 Å². The van der Waals surface area contributed by atoms with Crippen molar-refractivity contribution in [2.24, 2.45) is 5.73 Å². The SMILES string of the molecule is CC.CC.CC(C)(c1ccccc1)c1ccc(OC(N)=O)cc1. The molecule has 2 aromatic rings. The van der Waals surface area contributed by atoms with Crippen molar-refractivity contribution in [3.05, 3.63) is 65.7 Å². The molecule has 0 saturated heterocycles. The van der Waals surface area contributed by atoms with E-state index in [9.17, 15) is 4.79 Å². The topological polar surface area (TPSA) is 52.3 Å². The van der Waals surface area contributed by atoms with E-state index in [1.165, 1.54) is 5.56 Å². The van der Waals surface area contributed by atoms with Gasteiger partial charge in [0.05, 0.1) is 0 Å². The van der Waals surface area contributed by atoms with Crippen LogP contribution in [0.2, 0.25) is 0 Å². The maximum atomic E-state index is 10.7. The van der Waals surface area contributed by atoms with Crippen LogP contribution in [0.5, 0.6) is 5.75 Å². The highest BCUT2D eigenvalue weighted by molar-refractivity contribution is 5.68. The van der Waals surface area contributed by atoms with E-state index in [1.807, 2.05) is 58.0 Å². The van der Waals surface area contributed by atoms with Crippen LogP contribution < -0.4 is 10.5 Å². The van der Waals surface area contributed by atoms with Gasteiger partial charge in [0.15, 0.2) is 0 Å². The molecular weight excluding hydrogens is 286 g/mol. The normalized spacial score (nSPS) is 9.65. The molecule has 0 aromatic heterocycles. The Balaban J connectivity index is 0.00000112. The Labute approximate surface area is 140 Å². The summed E-state index contributed by atoms with van der Waals surface area (Å²) in [6.07, 6.45) is -0.796. The summed E-state index contributed by atoms with van der Waals surface area (Å²) in [5.74, 6) is 0.458. The van der Waals surface area contributed by atoms with Gasteiger partial charge in [-0.15, -0.1) is 0 Å². The van der Waals surface area contributed by atoms with E-state index >= 15 is 0 Å². The Kier molecular flexibility index (Phi) is 9.40. The summed E-state index contributed by atoms with van der Waals surface area (Å²) in [4.78, 5) is 10.7. The third kappa shape index (κ3) is 6.15. The summed E-state index contributed by atoms with van der Waals surface area (Å²) in [5.41, 5.74) is 7.26. The summed E-state index contributed by atoms with van der Waals surface area (Å²) >= 11 is 0. The van der Waals surface area contributed by atoms with E-state index in [4.69, 9.17) is 10.5 Å². The zero-order valence-corrected chi connectivity index (χ0v) is 15.1. The third-order valence-electron chi connectivity index (χ3n) is 3.29. The van der Waals surface area contributed by atoms with E-state index in [0.717, 1.165) is 5.56 Å². The average molecular weight is 315 g/mol. The zero-order chi connectivity index (χ0) is 17.9. The zero-order valence-electron chi connectivity index (χ0n) is 15.1. The van der Waals surface area contributed by atoms with Crippen molar-refractivity contribution >= 4 is 6.09 Å². The minimum Gasteiger partial charge on any atom is -0.411 e. The number of amides is 1. The largest absolute Gasteiger partial charge is 0.411 e. The molecule has 2 rings (SSSR count). The van der Waals surface area contributed by atoms with Crippen LogP contribution in [0.15, 0.2) is 54.6 Å². The molecule has 0 spiro atoms. The molecule has 0 aliphatic carbocycles. The highest BCUT2D eigenvalue weighted by atomic mass is 16.5. The number of ether oxygens (including phenoxy) is 1. The lowest BCUT2D eigenvalue weighted by Gasteiger charge is -2.26. The average Bonchev–Trinajstić information content (AvgIpc) is 2.59. The van der Waals surface area contributed by atoms with Gasteiger partial charge in [0.25, 0.3) is 0 Å². The molecule has 126 valence electrons. The van der Waals surface area contributed by atoms with E-state index in [-0.39, 0.29) is 5.41 Å². The minimum absolute atomic E-state index is 0.105. The predicted octanol–water partition coefficient (Wildman–Crippen LogP) is 5.52. The number of rotatable bonds is 3. The van der Waals surface area contributed by atoms with Crippen molar-refractivity contribution in [3.63, 3.8) is 0 Å². The molecule has 3 nitrogen and oxygen atoms in total. The van der Waals surface area contributed by atoms with Gasteiger partial charge >= 0.3 is 6.09 Å². The van der Waals surface area contributed by atoms with Gasteiger partial charge in [-0.25, -0.2) is 4.79 Å². The Morgan fingerprint density at radius 2 is 1.26 bits per heavy atom. The fourth-order valence-corrected chi connectivity index (χ4v) is 2.08. The standard InChI is InChI=1S/C16H17NO2.2C2H6/c1-16(2,12-6-4-3-5-7-12)13-8-10-14(11-9-13)19-15(17)18;2*1-2/h3-11H,1-2H3,(H2,17,18);2*1-2H3. The van der Waals surface area contributed by atoms with Crippen molar-refractivity contribution in [2.75, 3.05) is 0 Å². The van der Waals surface area contributed by atoms with Gasteiger partial charge in [-0.05, 0) is 23.3 Å². The molecule has 23 heavy (non-hydrogen) atoms. The maximum Gasteiger partial charge on any atom is 0.409 e. The van der Waals surface area contributed by atoms with Gasteiger partial charge in [-0.1, -0.05) is 84.0 Å². The predicted molar refractivity (Wildman–Crippen MR) is 97.9 cm³/mol. The third-order valence-corrected chi connectivity index (χ3v) is 3.29. The number of primary amides is 1. The first-order valence-electron chi connectivity index (χ1n) is 8.13. The lowest BCUT2D eigenvalue weighted by molar-refractivity contribution is 0.211. The summed E-state index contributed by atoms with van der Waals surface area (Å²) in [6.45, 7) is 12.3. The minimum atomic E-state index is -0.796. The molecule has 3 heteroatoms. The lowest BCUT2D eigenvalue weighted by Crippen LogP contribution is -2.19. The number of hydrogen-bond donors (Lipinski definition) is 1. The van der Waals surface area contributed by atoms with Gasteiger partial charge in [0.1, 0.15) is 5.75 Å². The van der Waals surface area contributed by atoms with E-state index in [2.05, 4.69) is 26.0 Å². The second-order valence-electron chi connectivity index (χ2n) is 4.94. The highest BCUT2D eigenvalue weighted by Gasteiger charge is 2.22. The maximum absolute atomic E-state index is 10.7. The number of carbonyl (C=O) groups excluding carboxylic acids is 1. The summed E-state index contributed by atoms with van der Waals surface area (Å²) in [5, 5.41) is 0. The summed E-state index contributed by atoms with van der Waals surface area (Å²) < 4.78 is 4.83. The molecule has 0 atom stereocenters. The number of benzene rings is 2. The Morgan fingerprint density at radius 1 is 0.826 bits per heavy atom. The van der Waals surface area contributed by atoms with Gasteiger partial charge in [-0.3, -0.25) is 0 Å². The quantitative estimate of drug-likeness (QED) is 0.810. The second kappa shape index (κ2) is 10.4. The van der Waals surface area contributed by atoms with Crippen molar-refractivity contribution in [2.45, 2.75) is 47.0 Å². The molecule has 0 radical (unpaired) electrons. The smallest absolute Gasteiger partial charge is 0.409 e. The first-order chi connectivity index (χ1) is 11.0. The van der Waals surface area contributed by atoms with Crippen LogP contribution in [-0.4, -0.2) is 6.09 Å². The van der Waals surface area contributed by atoms with E-state index in [1.54, 1.807) is 12.1 Å². The lowest BCUT2D eigenvalue weighted by atomic mass is 9.78. The van der Waals surface area contributed by atoms with Gasteiger partial charge < -0.3 is 10.5 Å².